The minimum atomic E-state index is -0.475. The highest BCUT2D eigenvalue weighted by Crippen LogP contribution is 2.03. The van der Waals surface area contributed by atoms with Gasteiger partial charge in [0, 0.05) is 12.6 Å². The fourth-order valence-corrected chi connectivity index (χ4v) is 1.51. The fraction of sp³-hybridized carbons (Fsp3) is 0.308. The maximum Gasteiger partial charge on any atom is 0.333 e. The van der Waals surface area contributed by atoms with E-state index in [-0.39, 0.29) is 5.97 Å². The maximum atomic E-state index is 11.5. The molecule has 0 saturated carbocycles. The summed E-state index contributed by atoms with van der Waals surface area (Å²) in [7, 11) is 0. The maximum absolute atomic E-state index is 11.5. The third-order valence-electron chi connectivity index (χ3n) is 2.35. The smallest absolute Gasteiger partial charge is 0.333 e. The molecular weight excluding hydrogens is 218 g/mol. The fourth-order valence-electron chi connectivity index (χ4n) is 1.51. The molecule has 1 heterocycles. The summed E-state index contributed by atoms with van der Waals surface area (Å²) in [5, 5.41) is 3.09. The van der Waals surface area contributed by atoms with Crippen LogP contribution in [-0.2, 0) is 14.3 Å². The molecule has 1 N–H and O–H groups in total. The number of hydrogen-bond donors (Lipinski definition) is 1. The molecule has 1 unspecified atom stereocenters. The molecule has 0 radical (unpaired) electrons. The molecule has 1 aliphatic heterocycles. The van der Waals surface area contributed by atoms with Gasteiger partial charge in [0.25, 0.3) is 0 Å². The quantitative estimate of drug-likeness (QED) is 0.629. The van der Waals surface area contributed by atoms with Crippen molar-refractivity contribution in [3.63, 3.8) is 0 Å². The van der Waals surface area contributed by atoms with E-state index in [0.717, 1.165) is 12.1 Å². The molecule has 0 aromatic heterocycles. The summed E-state index contributed by atoms with van der Waals surface area (Å²) in [5.41, 5.74) is 0.965. The molecule has 1 aromatic carbocycles. The van der Waals surface area contributed by atoms with Crippen molar-refractivity contribution in [2.75, 3.05) is 19.7 Å². The van der Waals surface area contributed by atoms with Gasteiger partial charge in [0.05, 0.1) is 13.2 Å². The molecule has 17 heavy (non-hydrogen) atoms. The van der Waals surface area contributed by atoms with Gasteiger partial charge in [-0.2, -0.15) is 0 Å². The first-order valence-corrected chi connectivity index (χ1v) is 5.61. The van der Waals surface area contributed by atoms with E-state index in [1.54, 1.807) is 6.08 Å². The van der Waals surface area contributed by atoms with Gasteiger partial charge in [0.15, 0.2) is 0 Å². The molecule has 1 saturated heterocycles. The number of morpholine rings is 1. The van der Waals surface area contributed by atoms with E-state index in [2.05, 4.69) is 5.32 Å². The summed E-state index contributed by atoms with van der Waals surface area (Å²) < 4.78 is 10.4. The summed E-state index contributed by atoms with van der Waals surface area (Å²) in [6.45, 7) is 1.92. The zero-order chi connectivity index (χ0) is 11.9. The Morgan fingerprint density at radius 3 is 2.94 bits per heavy atom. The van der Waals surface area contributed by atoms with Crippen molar-refractivity contribution in [3.8, 4) is 0 Å². The minimum Gasteiger partial charge on any atom is -0.431 e. The zero-order valence-corrected chi connectivity index (χ0v) is 9.46. The second kappa shape index (κ2) is 6.18. The Morgan fingerprint density at radius 1 is 1.41 bits per heavy atom. The van der Waals surface area contributed by atoms with Crippen molar-refractivity contribution in [2.24, 2.45) is 0 Å². The van der Waals surface area contributed by atoms with Crippen molar-refractivity contribution >= 4 is 12.0 Å². The molecule has 0 spiro atoms. The second-order valence-corrected chi connectivity index (χ2v) is 3.69. The number of rotatable bonds is 3. The van der Waals surface area contributed by atoms with Crippen LogP contribution in [0, 0.1) is 0 Å². The third kappa shape index (κ3) is 4.01. The van der Waals surface area contributed by atoms with Crippen LogP contribution in [-0.4, -0.2) is 32.0 Å². The van der Waals surface area contributed by atoms with Crippen molar-refractivity contribution in [1.82, 2.24) is 5.32 Å². The summed E-state index contributed by atoms with van der Waals surface area (Å²) in [6, 6.07) is 9.60. The van der Waals surface area contributed by atoms with Crippen LogP contribution in [0.3, 0.4) is 0 Å². The first kappa shape index (κ1) is 11.8. The Bertz CT molecular complexity index is 383. The summed E-state index contributed by atoms with van der Waals surface area (Å²) in [4.78, 5) is 11.5. The number of benzene rings is 1. The normalized spacial score (nSPS) is 20.4. The summed E-state index contributed by atoms with van der Waals surface area (Å²) >= 11 is 0. The lowest BCUT2D eigenvalue weighted by molar-refractivity contribution is -0.176. The van der Waals surface area contributed by atoms with Crippen molar-refractivity contribution in [3.05, 3.63) is 42.0 Å². The first-order valence-electron chi connectivity index (χ1n) is 5.61. The lowest BCUT2D eigenvalue weighted by atomic mass is 10.2. The molecule has 0 amide bonds. The molecule has 0 bridgehead atoms. The lowest BCUT2D eigenvalue weighted by Crippen LogP contribution is -2.40. The van der Waals surface area contributed by atoms with Crippen LogP contribution >= 0.6 is 0 Å². The SMILES string of the molecule is O=C(/C=C/c1ccccc1)OC1CNCCO1. The van der Waals surface area contributed by atoms with Crippen molar-refractivity contribution in [2.45, 2.75) is 6.29 Å². The molecule has 1 aliphatic rings. The summed E-state index contributed by atoms with van der Waals surface area (Å²) in [5.74, 6) is -0.387. The van der Waals surface area contributed by atoms with Gasteiger partial charge in [-0.25, -0.2) is 4.79 Å². The first-order chi connectivity index (χ1) is 8.34. The predicted molar refractivity (Wildman–Crippen MR) is 64.2 cm³/mol. The van der Waals surface area contributed by atoms with Gasteiger partial charge >= 0.3 is 5.97 Å². The molecule has 1 atom stereocenters. The van der Waals surface area contributed by atoms with Crippen LogP contribution in [0.4, 0.5) is 0 Å². The Morgan fingerprint density at radius 2 is 2.24 bits per heavy atom. The molecule has 4 nitrogen and oxygen atoms in total. The number of carbonyl (C=O) groups excluding carboxylic acids is 1. The molecule has 0 aliphatic carbocycles. The number of carbonyl (C=O) groups is 1. The highest BCUT2D eigenvalue weighted by molar-refractivity contribution is 5.87. The van der Waals surface area contributed by atoms with E-state index in [4.69, 9.17) is 9.47 Å². The Labute approximate surface area is 100 Å². The minimum absolute atomic E-state index is 0.387. The van der Waals surface area contributed by atoms with Gasteiger partial charge in [-0.3, -0.25) is 0 Å². The largest absolute Gasteiger partial charge is 0.431 e. The van der Waals surface area contributed by atoms with E-state index >= 15 is 0 Å². The van der Waals surface area contributed by atoms with Gasteiger partial charge in [0.1, 0.15) is 0 Å². The van der Waals surface area contributed by atoms with Gasteiger partial charge < -0.3 is 14.8 Å². The van der Waals surface area contributed by atoms with E-state index in [1.165, 1.54) is 6.08 Å². The van der Waals surface area contributed by atoms with Crippen LogP contribution < -0.4 is 5.32 Å². The van der Waals surface area contributed by atoms with Crippen LogP contribution in [0.5, 0.6) is 0 Å². The second-order valence-electron chi connectivity index (χ2n) is 3.69. The number of nitrogens with one attached hydrogen (secondary N) is 1. The molecule has 4 heteroatoms. The molecule has 1 fully saturated rings. The van der Waals surface area contributed by atoms with Gasteiger partial charge in [-0.05, 0) is 11.6 Å². The molecule has 90 valence electrons. The third-order valence-corrected chi connectivity index (χ3v) is 2.35. The monoisotopic (exact) mass is 233 g/mol. The van der Waals surface area contributed by atoms with Crippen LogP contribution in [0.1, 0.15) is 5.56 Å². The van der Waals surface area contributed by atoms with Crippen molar-refractivity contribution in [1.29, 1.82) is 0 Å². The average molecular weight is 233 g/mol. The van der Waals surface area contributed by atoms with E-state index < -0.39 is 6.29 Å². The molecular formula is C13H15NO3. The van der Waals surface area contributed by atoms with Gasteiger partial charge in [-0.1, -0.05) is 30.3 Å². The van der Waals surface area contributed by atoms with Crippen LogP contribution in [0.25, 0.3) is 6.08 Å². The molecule has 1 aromatic rings. The lowest BCUT2D eigenvalue weighted by Gasteiger charge is -2.22. The Hall–Kier alpha value is -1.65. The predicted octanol–water partition coefficient (Wildman–Crippen LogP) is 1.19. The van der Waals surface area contributed by atoms with E-state index in [9.17, 15) is 4.79 Å². The summed E-state index contributed by atoms with van der Waals surface area (Å²) in [6.07, 6.45) is 2.66. The highest BCUT2D eigenvalue weighted by atomic mass is 16.7. The number of ether oxygens (including phenoxy) is 2. The van der Waals surface area contributed by atoms with E-state index in [0.29, 0.717) is 13.2 Å². The Balaban J connectivity index is 1.82. The van der Waals surface area contributed by atoms with Gasteiger partial charge in [-0.15, -0.1) is 0 Å². The topological polar surface area (TPSA) is 47.6 Å². The molecule has 2 rings (SSSR count). The average Bonchev–Trinajstić information content (AvgIpc) is 2.39. The van der Waals surface area contributed by atoms with Crippen molar-refractivity contribution < 1.29 is 14.3 Å². The van der Waals surface area contributed by atoms with Gasteiger partial charge in [0.2, 0.25) is 6.29 Å². The Kier molecular flexibility index (Phi) is 4.30. The number of esters is 1. The van der Waals surface area contributed by atoms with Crippen LogP contribution in [0.2, 0.25) is 0 Å². The standard InChI is InChI=1S/C13H15NO3/c15-12(17-13-10-14-8-9-16-13)7-6-11-4-2-1-3-5-11/h1-7,13-14H,8-10H2/b7-6+. The highest BCUT2D eigenvalue weighted by Gasteiger charge is 2.15. The number of hydrogen-bond acceptors (Lipinski definition) is 4. The van der Waals surface area contributed by atoms with E-state index in [1.807, 2.05) is 30.3 Å². The van der Waals surface area contributed by atoms with Crippen LogP contribution in [0.15, 0.2) is 36.4 Å². The zero-order valence-electron chi connectivity index (χ0n) is 9.46.